The zero-order chi connectivity index (χ0) is 23.8. The second-order valence-electron chi connectivity index (χ2n) is 7.20. The molecule has 0 aliphatic rings. The lowest BCUT2D eigenvalue weighted by Crippen LogP contribution is -2.25. The minimum atomic E-state index is -0.363. The van der Waals surface area contributed by atoms with Crippen molar-refractivity contribution in [3.8, 4) is 17.2 Å². The number of hydrazone groups is 1. The van der Waals surface area contributed by atoms with Crippen LogP contribution in [0.4, 0.5) is 0 Å². The Morgan fingerprint density at radius 3 is 2.30 bits per heavy atom. The van der Waals surface area contributed by atoms with E-state index in [2.05, 4.69) is 10.5 Å². The number of methoxy groups -OCH3 is 1. The number of carbonyl (C=O) groups is 1. The van der Waals surface area contributed by atoms with Crippen molar-refractivity contribution in [1.29, 1.82) is 0 Å². The van der Waals surface area contributed by atoms with Gasteiger partial charge in [0.25, 0.3) is 5.91 Å². The van der Waals surface area contributed by atoms with Gasteiger partial charge < -0.3 is 14.2 Å². The fourth-order valence-electron chi connectivity index (χ4n) is 3.08. The second kappa shape index (κ2) is 11.6. The smallest absolute Gasteiger partial charge is 0.277 e. The van der Waals surface area contributed by atoms with Crippen LogP contribution in [0.2, 0.25) is 10.0 Å². The monoisotopic (exact) mass is 486 g/mol. The molecule has 0 heterocycles. The molecule has 3 aromatic carbocycles. The molecule has 0 spiro atoms. The van der Waals surface area contributed by atoms with Gasteiger partial charge in [-0.25, -0.2) is 5.43 Å². The summed E-state index contributed by atoms with van der Waals surface area (Å²) in [5.41, 5.74) is 5.80. The fraction of sp³-hybridized carbons (Fsp3) is 0.200. The third-order valence-corrected chi connectivity index (χ3v) is 5.49. The Balaban J connectivity index is 1.57. The number of hydrogen-bond acceptors (Lipinski definition) is 5. The molecule has 0 aromatic heterocycles. The van der Waals surface area contributed by atoms with Gasteiger partial charge in [0.05, 0.1) is 13.3 Å². The molecule has 172 valence electrons. The highest BCUT2D eigenvalue weighted by Crippen LogP contribution is 2.31. The molecule has 8 heteroatoms. The van der Waals surface area contributed by atoms with Crippen LogP contribution in [0, 0.1) is 13.8 Å². The Hall–Kier alpha value is -3.22. The maximum atomic E-state index is 12.1. The molecule has 3 aromatic rings. The Bertz CT molecular complexity index is 1120. The molecule has 6 nitrogen and oxygen atoms in total. The maximum absolute atomic E-state index is 12.1. The van der Waals surface area contributed by atoms with E-state index in [0.29, 0.717) is 38.4 Å². The zero-order valence-electron chi connectivity index (χ0n) is 18.5. The molecule has 1 N–H and O–H groups in total. The first-order chi connectivity index (χ1) is 15.9. The quantitative estimate of drug-likeness (QED) is 0.309. The minimum absolute atomic E-state index is 0.135. The number of halogens is 2. The van der Waals surface area contributed by atoms with E-state index in [0.717, 1.165) is 11.1 Å². The summed E-state index contributed by atoms with van der Waals surface area (Å²) in [6, 6.07) is 16.4. The number of aryl methyl sites for hydroxylation is 2. The highest BCUT2D eigenvalue weighted by molar-refractivity contribution is 6.35. The molecule has 33 heavy (non-hydrogen) atoms. The standard InChI is InChI=1S/C25H24Cl2N2O4/c1-16-6-4-7-17(2)25(16)33-15-24(30)29-28-13-18-10-11-22(23(12-18)31-3)32-14-19-20(26)8-5-9-21(19)27/h4-13H,14-15H2,1-3H3,(H,29,30)/b28-13+. The van der Waals surface area contributed by atoms with Crippen LogP contribution in [-0.2, 0) is 11.4 Å². The van der Waals surface area contributed by atoms with Crippen LogP contribution in [0.15, 0.2) is 59.7 Å². The summed E-state index contributed by atoms with van der Waals surface area (Å²) >= 11 is 12.4. The lowest BCUT2D eigenvalue weighted by molar-refractivity contribution is -0.123. The van der Waals surface area contributed by atoms with Crippen molar-refractivity contribution >= 4 is 35.3 Å². The summed E-state index contributed by atoms with van der Waals surface area (Å²) in [5, 5.41) is 5.04. The van der Waals surface area contributed by atoms with E-state index >= 15 is 0 Å². The van der Waals surface area contributed by atoms with Crippen molar-refractivity contribution in [2.45, 2.75) is 20.5 Å². The summed E-state index contributed by atoms with van der Waals surface area (Å²) in [5.74, 6) is 1.37. The van der Waals surface area contributed by atoms with Gasteiger partial charge in [-0.05, 0) is 60.9 Å². The van der Waals surface area contributed by atoms with Gasteiger partial charge in [-0.15, -0.1) is 0 Å². The van der Waals surface area contributed by atoms with Gasteiger partial charge in [0.2, 0.25) is 0 Å². The van der Waals surface area contributed by atoms with Crippen LogP contribution < -0.4 is 19.6 Å². The van der Waals surface area contributed by atoms with Crippen LogP contribution in [-0.4, -0.2) is 25.8 Å². The number of amides is 1. The number of benzene rings is 3. The lowest BCUT2D eigenvalue weighted by Gasteiger charge is -2.13. The second-order valence-corrected chi connectivity index (χ2v) is 8.02. The lowest BCUT2D eigenvalue weighted by atomic mass is 10.1. The number of ether oxygens (including phenoxy) is 3. The number of carbonyl (C=O) groups excluding carboxylic acids is 1. The van der Waals surface area contributed by atoms with Crippen molar-refractivity contribution in [2.75, 3.05) is 13.7 Å². The third-order valence-electron chi connectivity index (χ3n) is 4.78. The summed E-state index contributed by atoms with van der Waals surface area (Å²) in [6.45, 7) is 3.92. The number of hydrogen-bond donors (Lipinski definition) is 1. The SMILES string of the molecule is COc1cc(/C=N/NC(=O)COc2c(C)cccc2C)ccc1OCc1c(Cl)cccc1Cl. The first-order valence-corrected chi connectivity index (χ1v) is 10.9. The Kier molecular flexibility index (Phi) is 8.58. The van der Waals surface area contributed by atoms with Gasteiger partial charge in [0.1, 0.15) is 12.4 Å². The first-order valence-electron chi connectivity index (χ1n) is 10.1. The van der Waals surface area contributed by atoms with Crippen molar-refractivity contribution in [3.63, 3.8) is 0 Å². The average molecular weight is 487 g/mol. The molecule has 0 fully saturated rings. The van der Waals surface area contributed by atoms with E-state index in [1.807, 2.05) is 32.0 Å². The number of para-hydroxylation sites is 1. The van der Waals surface area contributed by atoms with Gasteiger partial charge in [0, 0.05) is 15.6 Å². The van der Waals surface area contributed by atoms with Crippen LogP contribution in [0.25, 0.3) is 0 Å². The predicted molar refractivity (Wildman–Crippen MR) is 131 cm³/mol. The van der Waals surface area contributed by atoms with Crippen LogP contribution in [0.5, 0.6) is 17.2 Å². The normalized spacial score (nSPS) is 10.8. The van der Waals surface area contributed by atoms with Gasteiger partial charge in [-0.1, -0.05) is 47.5 Å². The molecule has 0 unspecified atom stereocenters. The Morgan fingerprint density at radius 1 is 0.970 bits per heavy atom. The van der Waals surface area contributed by atoms with Crippen molar-refractivity contribution in [1.82, 2.24) is 5.43 Å². The van der Waals surface area contributed by atoms with Crippen LogP contribution in [0.1, 0.15) is 22.3 Å². The van der Waals surface area contributed by atoms with E-state index in [4.69, 9.17) is 37.4 Å². The number of nitrogens with one attached hydrogen (secondary N) is 1. The molecule has 0 radical (unpaired) electrons. The molecule has 0 saturated heterocycles. The molecular weight excluding hydrogens is 463 g/mol. The van der Waals surface area contributed by atoms with E-state index < -0.39 is 0 Å². The van der Waals surface area contributed by atoms with E-state index in [1.54, 1.807) is 36.4 Å². The van der Waals surface area contributed by atoms with Gasteiger partial charge in [-0.2, -0.15) is 5.10 Å². The predicted octanol–water partition coefficient (Wildman–Crippen LogP) is 5.73. The molecule has 0 aliphatic heterocycles. The first kappa shape index (κ1) is 24.4. The molecule has 0 saturated carbocycles. The fourth-order valence-corrected chi connectivity index (χ4v) is 3.59. The van der Waals surface area contributed by atoms with Crippen LogP contribution >= 0.6 is 23.2 Å². The Morgan fingerprint density at radius 2 is 1.64 bits per heavy atom. The zero-order valence-corrected chi connectivity index (χ0v) is 20.0. The third kappa shape index (κ3) is 6.63. The molecule has 0 bridgehead atoms. The molecule has 0 atom stereocenters. The highest BCUT2D eigenvalue weighted by atomic mass is 35.5. The summed E-state index contributed by atoms with van der Waals surface area (Å²) in [7, 11) is 1.54. The number of nitrogens with zero attached hydrogens (tertiary/aromatic N) is 1. The van der Waals surface area contributed by atoms with Crippen molar-refractivity contribution < 1.29 is 19.0 Å². The maximum Gasteiger partial charge on any atom is 0.277 e. The van der Waals surface area contributed by atoms with Gasteiger partial charge in [-0.3, -0.25) is 4.79 Å². The molecule has 1 amide bonds. The van der Waals surface area contributed by atoms with E-state index in [1.165, 1.54) is 13.3 Å². The number of rotatable bonds is 9. The summed E-state index contributed by atoms with van der Waals surface area (Å²) in [6.07, 6.45) is 1.51. The molecule has 0 aliphatic carbocycles. The van der Waals surface area contributed by atoms with Gasteiger partial charge in [0.15, 0.2) is 18.1 Å². The largest absolute Gasteiger partial charge is 0.493 e. The minimum Gasteiger partial charge on any atom is -0.493 e. The van der Waals surface area contributed by atoms with Gasteiger partial charge >= 0.3 is 0 Å². The molecule has 3 rings (SSSR count). The van der Waals surface area contributed by atoms with E-state index in [9.17, 15) is 4.79 Å². The van der Waals surface area contributed by atoms with Crippen LogP contribution in [0.3, 0.4) is 0 Å². The average Bonchev–Trinajstić information content (AvgIpc) is 2.79. The molecular formula is C25H24Cl2N2O4. The highest BCUT2D eigenvalue weighted by Gasteiger charge is 2.10. The van der Waals surface area contributed by atoms with Crippen molar-refractivity contribution in [2.24, 2.45) is 5.10 Å². The van der Waals surface area contributed by atoms with E-state index in [-0.39, 0.29) is 19.1 Å². The Labute approximate surface area is 203 Å². The van der Waals surface area contributed by atoms with Crippen molar-refractivity contribution in [3.05, 3.63) is 86.9 Å². The summed E-state index contributed by atoms with van der Waals surface area (Å²) < 4.78 is 16.9. The topological polar surface area (TPSA) is 69.2 Å². The summed E-state index contributed by atoms with van der Waals surface area (Å²) in [4.78, 5) is 12.1.